The van der Waals surface area contributed by atoms with Gasteiger partial charge in [-0.1, -0.05) is 44.2 Å². The Morgan fingerprint density at radius 3 is 2.27 bits per heavy atom. The van der Waals surface area contributed by atoms with Gasteiger partial charge in [0.15, 0.2) is 5.71 Å². The summed E-state index contributed by atoms with van der Waals surface area (Å²) in [5.74, 6) is -0.199. The van der Waals surface area contributed by atoms with Crippen molar-refractivity contribution in [3.05, 3.63) is 35.9 Å². The largest absolute Gasteiger partial charge is 0.461 e. The highest BCUT2D eigenvalue weighted by molar-refractivity contribution is 6.43. The third kappa shape index (κ3) is 7.68. The summed E-state index contributed by atoms with van der Waals surface area (Å²) in [6.07, 6.45) is 0.143. The summed E-state index contributed by atoms with van der Waals surface area (Å²) in [4.78, 5) is 25.0. The lowest BCUT2D eigenvalue weighted by Gasteiger charge is -2.25. The van der Waals surface area contributed by atoms with Crippen LogP contribution in [0.25, 0.3) is 0 Å². The summed E-state index contributed by atoms with van der Waals surface area (Å²) in [5, 5.41) is 5.53. The fourth-order valence-electron chi connectivity index (χ4n) is 2.01. The monoisotopic (exact) mass is 362 g/mol. The van der Waals surface area contributed by atoms with Gasteiger partial charge in [0.1, 0.15) is 5.60 Å². The van der Waals surface area contributed by atoms with Gasteiger partial charge in [0, 0.05) is 12.1 Å². The minimum atomic E-state index is -0.653. The van der Waals surface area contributed by atoms with E-state index in [-0.39, 0.29) is 12.3 Å². The van der Waals surface area contributed by atoms with Crippen molar-refractivity contribution in [3.8, 4) is 0 Å². The quantitative estimate of drug-likeness (QED) is 0.413. The van der Waals surface area contributed by atoms with E-state index < -0.39 is 17.7 Å². The number of hydrogen-bond acceptors (Lipinski definition) is 5. The van der Waals surface area contributed by atoms with Gasteiger partial charge in [0.2, 0.25) is 0 Å². The molecule has 0 aliphatic carbocycles. The second kappa shape index (κ2) is 9.94. The van der Waals surface area contributed by atoms with Crippen LogP contribution in [0.5, 0.6) is 0 Å². The normalized spacial score (nSPS) is 12.0. The first-order chi connectivity index (χ1) is 12.1. The molecule has 0 heterocycles. The maximum absolute atomic E-state index is 12.6. The SMILES string of the molecule is CCOC(=O)/C(=N\N(CCC(C)C)C(=O)OC(C)(C)C)c1ccccc1. The Bertz CT molecular complexity index is 618. The fourth-order valence-corrected chi connectivity index (χ4v) is 2.01. The van der Waals surface area contributed by atoms with Crippen LogP contribution in [0.4, 0.5) is 4.79 Å². The van der Waals surface area contributed by atoms with E-state index in [1.165, 1.54) is 5.01 Å². The molecule has 0 N–H and O–H groups in total. The van der Waals surface area contributed by atoms with E-state index in [9.17, 15) is 9.59 Å². The molecule has 0 radical (unpaired) electrons. The van der Waals surface area contributed by atoms with Gasteiger partial charge >= 0.3 is 12.1 Å². The first kappa shape index (κ1) is 21.7. The molecule has 6 heteroatoms. The van der Waals surface area contributed by atoms with Gasteiger partial charge < -0.3 is 9.47 Å². The molecule has 1 aromatic carbocycles. The van der Waals surface area contributed by atoms with Gasteiger partial charge in [0.25, 0.3) is 0 Å². The molecule has 6 nitrogen and oxygen atoms in total. The predicted octanol–water partition coefficient (Wildman–Crippen LogP) is 4.24. The molecule has 0 aliphatic heterocycles. The molecule has 1 rings (SSSR count). The molecular weight excluding hydrogens is 332 g/mol. The number of carbonyl (C=O) groups excluding carboxylic acids is 2. The Hall–Kier alpha value is -2.37. The van der Waals surface area contributed by atoms with Gasteiger partial charge in [-0.3, -0.25) is 0 Å². The Morgan fingerprint density at radius 2 is 1.77 bits per heavy atom. The van der Waals surface area contributed by atoms with Crippen molar-refractivity contribution < 1.29 is 19.1 Å². The number of carbonyl (C=O) groups is 2. The molecule has 1 amide bonds. The third-order valence-electron chi connectivity index (χ3n) is 3.26. The molecule has 1 aromatic rings. The minimum Gasteiger partial charge on any atom is -0.461 e. The van der Waals surface area contributed by atoms with Gasteiger partial charge in [0.05, 0.1) is 6.61 Å². The second-order valence-corrected chi connectivity index (χ2v) is 7.32. The summed E-state index contributed by atoms with van der Waals surface area (Å²) in [7, 11) is 0. The van der Waals surface area contributed by atoms with Crippen LogP contribution in [0, 0.1) is 5.92 Å². The number of benzene rings is 1. The number of hydrazone groups is 1. The van der Waals surface area contributed by atoms with Crippen molar-refractivity contribution in [2.75, 3.05) is 13.2 Å². The van der Waals surface area contributed by atoms with Crippen molar-refractivity contribution in [3.63, 3.8) is 0 Å². The second-order valence-electron chi connectivity index (χ2n) is 7.32. The number of esters is 1. The first-order valence-corrected chi connectivity index (χ1v) is 8.95. The zero-order valence-corrected chi connectivity index (χ0v) is 16.6. The number of nitrogens with zero attached hydrogens (tertiary/aromatic N) is 2. The van der Waals surface area contributed by atoms with E-state index in [1.54, 1.807) is 52.0 Å². The van der Waals surface area contributed by atoms with Crippen molar-refractivity contribution in [1.29, 1.82) is 0 Å². The molecule has 26 heavy (non-hydrogen) atoms. The highest BCUT2D eigenvalue weighted by Crippen LogP contribution is 2.14. The van der Waals surface area contributed by atoms with Crippen LogP contribution in [-0.4, -0.2) is 41.5 Å². The zero-order chi connectivity index (χ0) is 19.7. The summed E-state index contributed by atoms with van der Waals surface area (Å²) in [5.41, 5.74) is 0.0191. The molecule has 0 saturated carbocycles. The molecule has 0 unspecified atom stereocenters. The lowest BCUT2D eigenvalue weighted by Crippen LogP contribution is -2.36. The fraction of sp³-hybridized carbons (Fsp3) is 0.550. The summed E-state index contributed by atoms with van der Waals surface area (Å²) in [6.45, 7) is 11.8. The maximum Gasteiger partial charge on any atom is 0.430 e. The van der Waals surface area contributed by atoms with E-state index >= 15 is 0 Å². The van der Waals surface area contributed by atoms with Crippen molar-refractivity contribution in [1.82, 2.24) is 5.01 Å². The van der Waals surface area contributed by atoms with Crippen LogP contribution in [0.15, 0.2) is 35.4 Å². The number of amides is 1. The molecule has 0 bridgehead atoms. The van der Waals surface area contributed by atoms with Crippen LogP contribution in [0.1, 0.15) is 53.5 Å². The van der Waals surface area contributed by atoms with E-state index in [4.69, 9.17) is 9.47 Å². The smallest absolute Gasteiger partial charge is 0.430 e. The van der Waals surface area contributed by atoms with Crippen LogP contribution in [-0.2, 0) is 14.3 Å². The summed E-state index contributed by atoms with van der Waals surface area (Å²) < 4.78 is 10.6. The molecule has 0 saturated heterocycles. The highest BCUT2D eigenvalue weighted by Gasteiger charge is 2.25. The Labute approximate surface area is 156 Å². The lowest BCUT2D eigenvalue weighted by molar-refractivity contribution is -0.135. The average Bonchev–Trinajstić information content (AvgIpc) is 2.54. The number of hydrogen-bond donors (Lipinski definition) is 0. The first-order valence-electron chi connectivity index (χ1n) is 8.95. The molecule has 0 spiro atoms. The van der Waals surface area contributed by atoms with Crippen LogP contribution in [0.3, 0.4) is 0 Å². The maximum atomic E-state index is 12.6. The molecule has 144 valence electrons. The Morgan fingerprint density at radius 1 is 1.15 bits per heavy atom. The Balaban J connectivity index is 3.23. The van der Waals surface area contributed by atoms with Crippen molar-refractivity contribution >= 4 is 17.8 Å². The molecule has 0 aliphatic rings. The topological polar surface area (TPSA) is 68.2 Å². The minimum absolute atomic E-state index is 0.0852. The zero-order valence-electron chi connectivity index (χ0n) is 16.6. The summed E-state index contributed by atoms with van der Waals surface area (Å²) >= 11 is 0. The Kier molecular flexibility index (Phi) is 8.29. The van der Waals surface area contributed by atoms with E-state index in [0.29, 0.717) is 18.0 Å². The third-order valence-corrected chi connectivity index (χ3v) is 3.26. The predicted molar refractivity (Wildman–Crippen MR) is 102 cm³/mol. The van der Waals surface area contributed by atoms with Gasteiger partial charge in [-0.15, -0.1) is 0 Å². The van der Waals surface area contributed by atoms with Crippen LogP contribution >= 0.6 is 0 Å². The standard InChI is InChI=1S/C20H30N2O4/c1-7-25-18(23)17(16-11-9-8-10-12-16)21-22(14-13-15(2)3)19(24)26-20(4,5)6/h8-12,15H,7,13-14H2,1-6H3/b21-17-. The van der Waals surface area contributed by atoms with Crippen LogP contribution < -0.4 is 0 Å². The van der Waals surface area contributed by atoms with E-state index in [2.05, 4.69) is 18.9 Å². The molecule has 0 fully saturated rings. The van der Waals surface area contributed by atoms with E-state index in [0.717, 1.165) is 6.42 Å². The van der Waals surface area contributed by atoms with Crippen LogP contribution in [0.2, 0.25) is 0 Å². The molecule has 0 atom stereocenters. The van der Waals surface area contributed by atoms with Gasteiger partial charge in [-0.2, -0.15) is 10.1 Å². The average molecular weight is 362 g/mol. The number of ether oxygens (including phenoxy) is 2. The summed E-state index contributed by atoms with van der Waals surface area (Å²) in [6, 6.07) is 8.96. The molecular formula is C20H30N2O4. The highest BCUT2D eigenvalue weighted by atomic mass is 16.6. The van der Waals surface area contributed by atoms with Crippen molar-refractivity contribution in [2.45, 2.75) is 53.6 Å². The van der Waals surface area contributed by atoms with Crippen molar-refractivity contribution in [2.24, 2.45) is 11.0 Å². The van der Waals surface area contributed by atoms with Gasteiger partial charge in [-0.25, -0.2) is 9.59 Å². The van der Waals surface area contributed by atoms with Gasteiger partial charge in [-0.05, 0) is 40.0 Å². The lowest BCUT2D eigenvalue weighted by atomic mass is 10.1. The molecule has 0 aromatic heterocycles. The van der Waals surface area contributed by atoms with E-state index in [1.807, 2.05) is 6.07 Å². The number of rotatable bonds is 7.